The predicted octanol–water partition coefficient (Wildman–Crippen LogP) is 7.73. The van der Waals surface area contributed by atoms with Crippen molar-refractivity contribution in [1.29, 1.82) is 0 Å². The topological polar surface area (TPSA) is 0 Å². The summed E-state index contributed by atoms with van der Waals surface area (Å²) in [5.41, 5.74) is 3.26. The fourth-order valence-electron chi connectivity index (χ4n) is 2.99. The minimum atomic E-state index is 0.745. The lowest BCUT2D eigenvalue weighted by molar-refractivity contribution is 0.556. The van der Waals surface area contributed by atoms with E-state index in [1.807, 2.05) is 11.3 Å². The van der Waals surface area contributed by atoms with Crippen LogP contribution < -0.4 is 0 Å². The molecule has 0 aliphatic carbocycles. The van der Waals surface area contributed by atoms with E-state index in [1.54, 1.807) is 11.1 Å². The zero-order chi connectivity index (χ0) is 15.3. The van der Waals surface area contributed by atoms with Crippen LogP contribution in [-0.4, -0.2) is 0 Å². The molecule has 0 amide bonds. The number of aryl methyl sites for hydroxylation is 1. The van der Waals surface area contributed by atoms with Gasteiger partial charge in [-0.2, -0.15) is 11.3 Å². The second-order valence-electron chi connectivity index (χ2n) is 6.59. The monoisotopic (exact) mass is 308 g/mol. The summed E-state index contributed by atoms with van der Waals surface area (Å²) in [4.78, 5) is 0. The van der Waals surface area contributed by atoms with Crippen LogP contribution >= 0.6 is 11.3 Å². The fraction of sp³-hybridized carbons (Fsp3) is 0.800. The maximum Gasteiger partial charge on any atom is -0.00557 e. The maximum absolute atomic E-state index is 2.38. The highest BCUT2D eigenvalue weighted by Gasteiger charge is 2.09. The van der Waals surface area contributed by atoms with Gasteiger partial charge in [0.1, 0.15) is 0 Å². The third-order valence-corrected chi connectivity index (χ3v) is 5.53. The molecule has 0 saturated heterocycles. The van der Waals surface area contributed by atoms with Crippen LogP contribution in [0.15, 0.2) is 10.8 Å². The van der Waals surface area contributed by atoms with Crippen molar-refractivity contribution in [3.8, 4) is 0 Å². The van der Waals surface area contributed by atoms with E-state index in [0.29, 0.717) is 0 Å². The summed E-state index contributed by atoms with van der Waals surface area (Å²) in [6.45, 7) is 6.96. The lowest BCUT2D eigenvalue weighted by atomic mass is 9.95. The first-order valence-corrected chi connectivity index (χ1v) is 10.3. The maximum atomic E-state index is 2.38. The molecule has 0 aliphatic rings. The molecule has 0 fully saturated rings. The van der Waals surface area contributed by atoms with Crippen LogP contribution in [0.4, 0.5) is 0 Å². The average Bonchev–Trinajstić information content (AvgIpc) is 2.97. The second-order valence-corrected chi connectivity index (χ2v) is 7.34. The molecular formula is C20H36S. The molecular weight excluding hydrogens is 272 g/mol. The van der Waals surface area contributed by atoms with Crippen molar-refractivity contribution in [2.75, 3.05) is 0 Å². The van der Waals surface area contributed by atoms with Crippen molar-refractivity contribution >= 4 is 11.3 Å². The SMILES string of the molecule is CCCCCCCCCCCCc1cscc1C(C)CC. The summed E-state index contributed by atoms with van der Waals surface area (Å²) < 4.78 is 0. The van der Waals surface area contributed by atoms with Gasteiger partial charge in [-0.3, -0.25) is 0 Å². The molecule has 0 radical (unpaired) electrons. The Kier molecular flexibility index (Phi) is 10.9. The van der Waals surface area contributed by atoms with E-state index in [4.69, 9.17) is 0 Å². The van der Waals surface area contributed by atoms with Crippen LogP contribution in [0.25, 0.3) is 0 Å². The van der Waals surface area contributed by atoms with Crippen LogP contribution in [0.1, 0.15) is 108 Å². The van der Waals surface area contributed by atoms with Crippen LogP contribution in [0.3, 0.4) is 0 Å². The van der Waals surface area contributed by atoms with E-state index < -0.39 is 0 Å². The first-order chi connectivity index (χ1) is 10.3. The van der Waals surface area contributed by atoms with Gasteiger partial charge in [0.2, 0.25) is 0 Å². The van der Waals surface area contributed by atoms with Crippen LogP contribution in [-0.2, 0) is 6.42 Å². The molecule has 0 saturated carbocycles. The molecule has 122 valence electrons. The Hall–Kier alpha value is -0.300. The van der Waals surface area contributed by atoms with Gasteiger partial charge in [0.05, 0.1) is 0 Å². The fourth-order valence-corrected chi connectivity index (χ4v) is 4.01. The summed E-state index contributed by atoms with van der Waals surface area (Å²) >= 11 is 1.89. The van der Waals surface area contributed by atoms with Crippen molar-refractivity contribution in [3.63, 3.8) is 0 Å². The smallest absolute Gasteiger partial charge is 0.00557 e. The Labute approximate surface area is 137 Å². The Morgan fingerprint density at radius 1 is 0.810 bits per heavy atom. The van der Waals surface area contributed by atoms with E-state index in [-0.39, 0.29) is 0 Å². The lowest BCUT2D eigenvalue weighted by Gasteiger charge is -2.10. The molecule has 1 aromatic heterocycles. The van der Waals surface area contributed by atoms with Gasteiger partial charge < -0.3 is 0 Å². The molecule has 1 heteroatoms. The summed E-state index contributed by atoms with van der Waals surface area (Å²) in [6, 6.07) is 0. The Balaban J connectivity index is 2.01. The summed E-state index contributed by atoms with van der Waals surface area (Å²) in [7, 11) is 0. The number of rotatable bonds is 13. The number of thiophene rings is 1. The van der Waals surface area contributed by atoms with E-state index in [0.717, 1.165) is 5.92 Å². The average molecular weight is 309 g/mol. The largest absolute Gasteiger partial charge is 0.152 e. The molecule has 0 N–H and O–H groups in total. The van der Waals surface area contributed by atoms with Gasteiger partial charge in [0, 0.05) is 0 Å². The highest BCUT2D eigenvalue weighted by molar-refractivity contribution is 7.08. The number of hydrogen-bond acceptors (Lipinski definition) is 1. The molecule has 0 nitrogen and oxygen atoms in total. The van der Waals surface area contributed by atoms with Gasteiger partial charge in [0.15, 0.2) is 0 Å². The van der Waals surface area contributed by atoms with Gasteiger partial charge >= 0.3 is 0 Å². The first kappa shape index (κ1) is 18.7. The van der Waals surface area contributed by atoms with E-state index in [9.17, 15) is 0 Å². The minimum absolute atomic E-state index is 0.745. The third-order valence-electron chi connectivity index (χ3n) is 4.72. The zero-order valence-corrected chi connectivity index (χ0v) is 15.4. The molecule has 1 heterocycles. The standard InChI is InChI=1S/C20H36S/c1-4-6-7-8-9-10-11-12-13-14-15-19-16-21-17-20(19)18(3)5-2/h16-18H,4-15H2,1-3H3. The summed E-state index contributed by atoms with van der Waals surface area (Å²) in [6.07, 6.45) is 16.9. The predicted molar refractivity (Wildman–Crippen MR) is 98.6 cm³/mol. The van der Waals surface area contributed by atoms with Gasteiger partial charge in [-0.1, -0.05) is 78.6 Å². The second kappa shape index (κ2) is 12.3. The summed E-state index contributed by atoms with van der Waals surface area (Å²) in [5.74, 6) is 0.745. The Morgan fingerprint density at radius 3 is 1.95 bits per heavy atom. The zero-order valence-electron chi connectivity index (χ0n) is 14.6. The van der Waals surface area contributed by atoms with Crippen molar-refractivity contribution in [3.05, 3.63) is 21.9 Å². The van der Waals surface area contributed by atoms with Crippen molar-refractivity contribution in [1.82, 2.24) is 0 Å². The van der Waals surface area contributed by atoms with Crippen LogP contribution in [0.5, 0.6) is 0 Å². The third kappa shape index (κ3) is 8.04. The highest BCUT2D eigenvalue weighted by atomic mass is 32.1. The Bertz CT molecular complexity index is 339. The minimum Gasteiger partial charge on any atom is -0.152 e. The molecule has 0 spiro atoms. The summed E-state index contributed by atoms with van der Waals surface area (Å²) in [5, 5.41) is 4.76. The molecule has 0 aliphatic heterocycles. The van der Waals surface area contributed by atoms with Gasteiger partial charge in [-0.15, -0.1) is 0 Å². The lowest BCUT2D eigenvalue weighted by Crippen LogP contribution is -1.95. The molecule has 0 aromatic carbocycles. The molecule has 1 unspecified atom stereocenters. The van der Waals surface area contributed by atoms with Gasteiger partial charge in [-0.05, 0) is 47.1 Å². The van der Waals surface area contributed by atoms with Crippen molar-refractivity contribution in [2.45, 2.75) is 104 Å². The Morgan fingerprint density at radius 2 is 1.38 bits per heavy atom. The molecule has 21 heavy (non-hydrogen) atoms. The number of hydrogen-bond donors (Lipinski definition) is 0. The van der Waals surface area contributed by atoms with Gasteiger partial charge in [0.25, 0.3) is 0 Å². The van der Waals surface area contributed by atoms with E-state index in [1.165, 1.54) is 77.0 Å². The molecule has 0 bridgehead atoms. The molecule has 1 rings (SSSR count). The molecule has 1 aromatic rings. The van der Waals surface area contributed by atoms with Crippen molar-refractivity contribution in [2.24, 2.45) is 0 Å². The normalized spacial score (nSPS) is 12.7. The number of unbranched alkanes of at least 4 members (excludes halogenated alkanes) is 9. The highest BCUT2D eigenvalue weighted by Crippen LogP contribution is 2.27. The van der Waals surface area contributed by atoms with E-state index in [2.05, 4.69) is 31.5 Å². The first-order valence-electron chi connectivity index (χ1n) is 9.34. The van der Waals surface area contributed by atoms with Crippen LogP contribution in [0, 0.1) is 0 Å². The van der Waals surface area contributed by atoms with Crippen molar-refractivity contribution < 1.29 is 0 Å². The quantitative estimate of drug-likeness (QED) is 0.327. The van der Waals surface area contributed by atoms with Gasteiger partial charge in [-0.25, -0.2) is 0 Å². The van der Waals surface area contributed by atoms with Crippen LogP contribution in [0.2, 0.25) is 0 Å². The molecule has 1 atom stereocenters. The van der Waals surface area contributed by atoms with E-state index >= 15 is 0 Å².